The molecule has 0 saturated carbocycles. The Hall–Kier alpha value is -3.46. The first-order valence-electron chi connectivity index (χ1n) is 11.1. The number of aromatic nitrogens is 1. The molecule has 0 unspecified atom stereocenters. The number of unbranched alkanes of at least 4 members (excludes halogenated alkanes) is 1. The molecule has 2 aliphatic heterocycles. The quantitative estimate of drug-likeness (QED) is 0.357. The molecule has 2 aromatic rings. The molecule has 9 heteroatoms. The largest absolute Gasteiger partial charge is 0.483 e. The number of benzene rings is 1. The van der Waals surface area contributed by atoms with Gasteiger partial charge in [0.05, 0.1) is 18.2 Å². The van der Waals surface area contributed by atoms with Crippen LogP contribution in [-0.4, -0.2) is 85.6 Å². The normalized spacial score (nSPS) is 16.8. The van der Waals surface area contributed by atoms with E-state index in [9.17, 15) is 14.4 Å². The molecule has 1 fully saturated rings. The second kappa shape index (κ2) is 10.4. The Morgan fingerprint density at radius 2 is 1.85 bits per heavy atom. The van der Waals surface area contributed by atoms with Crippen LogP contribution in [0, 0.1) is 0 Å². The Kier molecular flexibility index (Phi) is 7.19. The van der Waals surface area contributed by atoms with Gasteiger partial charge in [0.15, 0.2) is 6.61 Å². The Morgan fingerprint density at radius 3 is 2.58 bits per heavy atom. The number of rotatable bonds is 7. The number of nitrogens with zero attached hydrogens (tertiary/aromatic N) is 4. The summed E-state index contributed by atoms with van der Waals surface area (Å²) in [5.74, 6) is -0.0552. The van der Waals surface area contributed by atoms with Crippen LogP contribution >= 0.6 is 0 Å². The molecule has 9 nitrogen and oxygen atoms in total. The smallest absolute Gasteiger partial charge is 0.337 e. The van der Waals surface area contributed by atoms with E-state index in [-0.39, 0.29) is 23.6 Å². The lowest BCUT2D eigenvalue weighted by atomic mass is 10.1. The van der Waals surface area contributed by atoms with Crippen LogP contribution in [0.15, 0.2) is 42.6 Å². The highest BCUT2D eigenvalue weighted by Gasteiger charge is 2.30. The number of piperazine rings is 1. The minimum atomic E-state index is -0.545. The van der Waals surface area contributed by atoms with E-state index in [4.69, 9.17) is 9.47 Å². The van der Waals surface area contributed by atoms with E-state index in [0.717, 1.165) is 45.0 Å². The molecule has 0 bridgehead atoms. The number of carbonyl (C=O) groups excluding carboxylic acids is 3. The minimum Gasteiger partial charge on any atom is -0.483 e. The van der Waals surface area contributed by atoms with E-state index in [1.807, 2.05) is 24.4 Å². The Labute approximate surface area is 192 Å². The number of amides is 2. The van der Waals surface area contributed by atoms with Gasteiger partial charge in [0.25, 0.3) is 11.8 Å². The predicted molar refractivity (Wildman–Crippen MR) is 121 cm³/mol. The number of anilines is 1. The van der Waals surface area contributed by atoms with Crippen molar-refractivity contribution in [2.24, 2.45) is 0 Å². The molecule has 4 rings (SSSR count). The number of methoxy groups -OCH3 is 1. The summed E-state index contributed by atoms with van der Waals surface area (Å²) in [6.07, 6.45) is 3.38. The maximum absolute atomic E-state index is 13.0. The molecule has 174 valence electrons. The zero-order valence-corrected chi connectivity index (χ0v) is 18.7. The number of pyridine rings is 1. The van der Waals surface area contributed by atoms with Crippen LogP contribution in [0.2, 0.25) is 0 Å². The molecule has 3 heterocycles. The van der Waals surface area contributed by atoms with Crippen LogP contribution in [0.25, 0.3) is 0 Å². The van der Waals surface area contributed by atoms with Gasteiger partial charge in [0.1, 0.15) is 11.6 Å². The van der Waals surface area contributed by atoms with E-state index in [1.165, 1.54) is 30.2 Å². The molecular weight excluding hydrogens is 424 g/mol. The first-order valence-corrected chi connectivity index (χ1v) is 11.1. The number of imide groups is 1. The highest BCUT2D eigenvalue weighted by atomic mass is 16.5. The van der Waals surface area contributed by atoms with E-state index in [0.29, 0.717) is 18.7 Å². The van der Waals surface area contributed by atoms with Gasteiger partial charge in [-0.3, -0.25) is 19.4 Å². The molecule has 2 aliphatic rings. The summed E-state index contributed by atoms with van der Waals surface area (Å²) in [5.41, 5.74) is 0.446. The van der Waals surface area contributed by atoms with Crippen LogP contribution in [-0.2, 0) is 9.53 Å². The fourth-order valence-electron chi connectivity index (χ4n) is 4.12. The van der Waals surface area contributed by atoms with Gasteiger partial charge in [-0.05, 0) is 49.7 Å². The van der Waals surface area contributed by atoms with Crippen molar-refractivity contribution in [2.45, 2.75) is 12.8 Å². The highest BCUT2D eigenvalue weighted by molar-refractivity contribution is 6.08. The van der Waals surface area contributed by atoms with Gasteiger partial charge in [-0.15, -0.1) is 0 Å². The fraction of sp³-hybridized carbons (Fsp3) is 0.417. The SMILES string of the molecule is COC(=O)c1ccc2c(c1)C(=O)N(CCCCN1CCN(c3ccccn3)CC1)C(=O)CO2. The standard InChI is InChI=1S/C24H28N4O5/c1-32-24(31)18-7-8-20-19(16-18)23(30)28(22(29)17-33-20)11-5-4-10-26-12-14-27(15-13-26)21-6-2-3-9-25-21/h2-3,6-9,16H,4-5,10-15,17H2,1H3. The number of hydrogen-bond acceptors (Lipinski definition) is 8. The van der Waals surface area contributed by atoms with Crippen LogP contribution in [0.1, 0.15) is 33.6 Å². The molecule has 1 aromatic carbocycles. The number of fused-ring (bicyclic) bond motifs is 1. The molecular formula is C24H28N4O5. The molecule has 33 heavy (non-hydrogen) atoms. The van der Waals surface area contributed by atoms with E-state index >= 15 is 0 Å². The number of carbonyl (C=O) groups is 3. The van der Waals surface area contributed by atoms with Gasteiger partial charge < -0.3 is 14.4 Å². The molecule has 0 radical (unpaired) electrons. The van der Waals surface area contributed by atoms with Crippen molar-refractivity contribution in [1.29, 1.82) is 0 Å². The molecule has 0 atom stereocenters. The Morgan fingerprint density at radius 1 is 1.06 bits per heavy atom. The molecule has 2 amide bonds. The minimum absolute atomic E-state index is 0.203. The van der Waals surface area contributed by atoms with Crippen molar-refractivity contribution in [1.82, 2.24) is 14.8 Å². The zero-order chi connectivity index (χ0) is 23.2. The second-order valence-electron chi connectivity index (χ2n) is 8.07. The lowest BCUT2D eigenvalue weighted by Gasteiger charge is -2.35. The lowest BCUT2D eigenvalue weighted by Crippen LogP contribution is -2.47. The van der Waals surface area contributed by atoms with E-state index < -0.39 is 11.9 Å². The van der Waals surface area contributed by atoms with Gasteiger partial charge >= 0.3 is 5.97 Å². The average molecular weight is 453 g/mol. The highest BCUT2D eigenvalue weighted by Crippen LogP contribution is 2.25. The molecule has 1 saturated heterocycles. The Bertz CT molecular complexity index is 1010. The summed E-state index contributed by atoms with van der Waals surface area (Å²) in [5, 5.41) is 0. The van der Waals surface area contributed by atoms with Crippen molar-refractivity contribution in [3.8, 4) is 5.75 Å². The van der Waals surface area contributed by atoms with Gasteiger partial charge in [-0.2, -0.15) is 0 Å². The van der Waals surface area contributed by atoms with Crippen molar-refractivity contribution in [3.63, 3.8) is 0 Å². The molecule has 1 aromatic heterocycles. The average Bonchev–Trinajstić information content (AvgIpc) is 2.98. The van der Waals surface area contributed by atoms with Crippen molar-refractivity contribution in [2.75, 3.05) is 57.9 Å². The fourth-order valence-corrected chi connectivity index (χ4v) is 4.12. The third-order valence-corrected chi connectivity index (χ3v) is 5.98. The third-order valence-electron chi connectivity index (χ3n) is 5.98. The summed E-state index contributed by atoms with van der Waals surface area (Å²) in [6.45, 7) is 4.79. The molecule has 0 spiro atoms. The Balaban J connectivity index is 1.28. The van der Waals surface area contributed by atoms with Crippen molar-refractivity contribution in [3.05, 3.63) is 53.7 Å². The predicted octanol–water partition coefficient (Wildman–Crippen LogP) is 1.83. The van der Waals surface area contributed by atoms with Crippen LogP contribution in [0.5, 0.6) is 5.75 Å². The van der Waals surface area contributed by atoms with Crippen molar-refractivity contribution >= 4 is 23.6 Å². The van der Waals surface area contributed by atoms with Crippen LogP contribution in [0.4, 0.5) is 5.82 Å². The summed E-state index contributed by atoms with van der Waals surface area (Å²) < 4.78 is 10.2. The summed E-state index contributed by atoms with van der Waals surface area (Å²) in [4.78, 5) is 47.7. The van der Waals surface area contributed by atoms with E-state index in [1.54, 1.807) is 0 Å². The van der Waals surface area contributed by atoms with Gasteiger partial charge in [0, 0.05) is 38.9 Å². The molecule has 0 N–H and O–H groups in total. The van der Waals surface area contributed by atoms with Gasteiger partial charge in [-0.1, -0.05) is 6.07 Å². The summed E-state index contributed by atoms with van der Waals surface area (Å²) >= 11 is 0. The zero-order valence-electron chi connectivity index (χ0n) is 18.7. The van der Waals surface area contributed by atoms with E-state index in [2.05, 4.69) is 14.8 Å². The van der Waals surface area contributed by atoms with Crippen molar-refractivity contribution < 1.29 is 23.9 Å². The van der Waals surface area contributed by atoms with Gasteiger partial charge in [0.2, 0.25) is 0 Å². The summed E-state index contributed by atoms with van der Waals surface area (Å²) in [7, 11) is 1.28. The summed E-state index contributed by atoms with van der Waals surface area (Å²) in [6, 6.07) is 10.4. The van der Waals surface area contributed by atoms with Gasteiger partial charge in [-0.25, -0.2) is 9.78 Å². The number of ether oxygens (including phenoxy) is 2. The monoisotopic (exact) mass is 452 g/mol. The van der Waals surface area contributed by atoms with Crippen LogP contribution in [0.3, 0.4) is 0 Å². The first kappa shape index (κ1) is 22.7. The molecule has 0 aliphatic carbocycles. The lowest BCUT2D eigenvalue weighted by molar-refractivity contribution is -0.130. The first-order chi connectivity index (χ1) is 16.1. The van der Waals surface area contributed by atoms with Crippen LogP contribution < -0.4 is 9.64 Å². The number of hydrogen-bond donors (Lipinski definition) is 0. The topological polar surface area (TPSA) is 92.3 Å². The maximum Gasteiger partial charge on any atom is 0.337 e. The third kappa shape index (κ3) is 5.31. The maximum atomic E-state index is 13.0. The second-order valence-corrected chi connectivity index (χ2v) is 8.07. The number of esters is 1.